The van der Waals surface area contributed by atoms with Crippen LogP contribution in [0.2, 0.25) is 0 Å². The number of aromatic nitrogens is 5. The van der Waals surface area contributed by atoms with Crippen molar-refractivity contribution in [3.8, 4) is 0 Å². The van der Waals surface area contributed by atoms with Gasteiger partial charge in [0.2, 0.25) is 11.7 Å². The van der Waals surface area contributed by atoms with E-state index in [2.05, 4.69) is 32.4 Å². The number of H-pyrrole nitrogens is 1. The maximum absolute atomic E-state index is 12.4. The second-order valence-electron chi connectivity index (χ2n) is 7.96. The molecule has 0 bridgehead atoms. The van der Waals surface area contributed by atoms with E-state index in [9.17, 15) is 4.79 Å². The third kappa shape index (κ3) is 4.24. The number of carbonyl (C=O) groups excluding carboxylic acids is 1. The van der Waals surface area contributed by atoms with Crippen molar-refractivity contribution >= 4 is 17.5 Å². The predicted octanol–water partition coefficient (Wildman–Crippen LogP) is 4.02. The van der Waals surface area contributed by atoms with Crippen molar-refractivity contribution in [3.63, 3.8) is 0 Å². The molecule has 1 fully saturated rings. The van der Waals surface area contributed by atoms with Gasteiger partial charge in [-0.25, -0.2) is 9.97 Å². The Morgan fingerprint density at radius 1 is 1.36 bits per heavy atom. The minimum atomic E-state index is -0.120. The monoisotopic (exact) mass is 380 g/mol. The number of nitrogens with one attached hydrogen (secondary N) is 2. The smallest absolute Gasteiger partial charge is 0.234 e. The molecule has 0 radical (unpaired) electrons. The van der Waals surface area contributed by atoms with Crippen LogP contribution in [0.25, 0.3) is 5.78 Å². The third-order valence-corrected chi connectivity index (χ3v) is 5.67. The van der Waals surface area contributed by atoms with Gasteiger partial charge in [0, 0.05) is 35.8 Å². The minimum Gasteiger partial charge on any atom is -0.309 e. The Balaban J connectivity index is 1.33. The first kappa shape index (κ1) is 18.7. The molecule has 4 rings (SSSR count). The number of nitrogens with zero attached hydrogens (tertiary/aromatic N) is 4. The highest BCUT2D eigenvalue weighted by atomic mass is 16.1. The molecule has 0 spiro atoms. The fourth-order valence-electron chi connectivity index (χ4n) is 4.17. The van der Waals surface area contributed by atoms with Gasteiger partial charge >= 0.3 is 0 Å². The van der Waals surface area contributed by atoms with Crippen molar-refractivity contribution in [3.05, 3.63) is 41.6 Å². The van der Waals surface area contributed by atoms with Crippen LogP contribution in [0.4, 0.5) is 5.82 Å². The maximum atomic E-state index is 12.4. The van der Waals surface area contributed by atoms with Gasteiger partial charge in [0.15, 0.2) is 5.82 Å². The van der Waals surface area contributed by atoms with E-state index >= 15 is 0 Å². The number of amides is 1. The molecule has 0 saturated heterocycles. The van der Waals surface area contributed by atoms with E-state index in [0.717, 1.165) is 17.3 Å². The number of imidazole rings is 1. The second kappa shape index (κ2) is 8.12. The highest BCUT2D eigenvalue weighted by Gasteiger charge is 2.27. The zero-order chi connectivity index (χ0) is 19.5. The number of carbonyl (C=O) groups is 1. The number of rotatable bonds is 7. The van der Waals surface area contributed by atoms with Crippen molar-refractivity contribution in [1.29, 1.82) is 0 Å². The summed E-state index contributed by atoms with van der Waals surface area (Å²) >= 11 is 0. The molecular formula is C21H28N6O. The molecule has 7 nitrogen and oxygen atoms in total. The van der Waals surface area contributed by atoms with Gasteiger partial charge in [0.25, 0.3) is 0 Å². The van der Waals surface area contributed by atoms with Gasteiger partial charge in [-0.15, -0.1) is 0 Å². The fraction of sp³-hybridized carbons (Fsp3) is 0.524. The number of anilines is 1. The summed E-state index contributed by atoms with van der Waals surface area (Å²) in [5, 5.41) is 10.3. The molecule has 1 saturated carbocycles. The predicted molar refractivity (Wildman–Crippen MR) is 108 cm³/mol. The molecule has 2 N–H and O–H groups in total. The molecule has 0 unspecified atom stereocenters. The Morgan fingerprint density at radius 2 is 2.25 bits per heavy atom. The summed E-state index contributed by atoms with van der Waals surface area (Å²) < 4.78 is 1.83. The van der Waals surface area contributed by atoms with Crippen LogP contribution in [-0.2, 0) is 11.2 Å². The molecule has 28 heavy (non-hydrogen) atoms. The summed E-state index contributed by atoms with van der Waals surface area (Å²) in [4.78, 5) is 21.2. The van der Waals surface area contributed by atoms with Gasteiger partial charge in [-0.3, -0.25) is 14.3 Å². The van der Waals surface area contributed by atoms with Crippen LogP contribution in [-0.4, -0.2) is 30.5 Å². The van der Waals surface area contributed by atoms with Gasteiger partial charge < -0.3 is 5.32 Å². The number of aromatic amines is 1. The van der Waals surface area contributed by atoms with Crippen molar-refractivity contribution in [1.82, 2.24) is 24.6 Å². The number of unbranched alkanes of at least 4 members (excludes halogenated alkanes) is 1. The lowest BCUT2D eigenvalue weighted by molar-refractivity contribution is -0.115. The molecule has 7 heteroatoms. The summed E-state index contributed by atoms with van der Waals surface area (Å²) in [6.45, 7) is 4.17. The number of aryl methyl sites for hydroxylation is 1. The molecule has 148 valence electrons. The van der Waals surface area contributed by atoms with Crippen LogP contribution in [0.5, 0.6) is 0 Å². The SMILES string of the molecule is CCCC[C@@H]1CC[C@H](c2cc(NC(=O)Cc3cn4ccc(C)nc4n3)n[nH]2)C1. The molecule has 0 aromatic carbocycles. The average molecular weight is 380 g/mol. The molecule has 1 aliphatic carbocycles. The van der Waals surface area contributed by atoms with Crippen molar-refractivity contribution < 1.29 is 4.79 Å². The zero-order valence-corrected chi connectivity index (χ0v) is 16.6. The van der Waals surface area contributed by atoms with Crippen LogP contribution in [0.15, 0.2) is 24.5 Å². The van der Waals surface area contributed by atoms with E-state index in [1.54, 1.807) is 0 Å². The Bertz CT molecular complexity index is 959. The minimum absolute atomic E-state index is 0.120. The van der Waals surface area contributed by atoms with Crippen molar-refractivity contribution in [2.45, 2.75) is 64.7 Å². The third-order valence-electron chi connectivity index (χ3n) is 5.67. The molecule has 1 aliphatic rings. The van der Waals surface area contributed by atoms with Crippen LogP contribution in [0.1, 0.15) is 68.4 Å². The lowest BCUT2D eigenvalue weighted by Gasteiger charge is -2.09. The summed E-state index contributed by atoms with van der Waals surface area (Å²) in [5.41, 5.74) is 2.74. The summed E-state index contributed by atoms with van der Waals surface area (Å²) in [6.07, 6.45) is 11.6. The molecule has 2 atom stereocenters. The molecule has 3 aromatic heterocycles. The van der Waals surface area contributed by atoms with E-state index in [1.807, 2.05) is 35.9 Å². The fourth-order valence-corrected chi connectivity index (χ4v) is 4.17. The summed E-state index contributed by atoms with van der Waals surface area (Å²) in [6, 6.07) is 3.90. The first-order valence-corrected chi connectivity index (χ1v) is 10.3. The van der Waals surface area contributed by atoms with E-state index in [1.165, 1.54) is 38.5 Å². The topological polar surface area (TPSA) is 88.0 Å². The molecule has 3 aromatic rings. The lowest BCUT2D eigenvalue weighted by Crippen LogP contribution is -2.14. The highest BCUT2D eigenvalue weighted by Crippen LogP contribution is 2.40. The van der Waals surface area contributed by atoms with Gasteiger partial charge in [-0.05, 0) is 38.2 Å². The largest absolute Gasteiger partial charge is 0.309 e. The number of fused-ring (bicyclic) bond motifs is 1. The Morgan fingerprint density at radius 3 is 3.11 bits per heavy atom. The Labute approximate surface area is 165 Å². The van der Waals surface area contributed by atoms with E-state index < -0.39 is 0 Å². The Kier molecular flexibility index (Phi) is 5.41. The van der Waals surface area contributed by atoms with Crippen LogP contribution < -0.4 is 5.32 Å². The van der Waals surface area contributed by atoms with E-state index in [4.69, 9.17) is 0 Å². The second-order valence-corrected chi connectivity index (χ2v) is 7.96. The summed E-state index contributed by atoms with van der Waals surface area (Å²) in [7, 11) is 0. The quantitative estimate of drug-likeness (QED) is 0.648. The molecule has 1 amide bonds. The van der Waals surface area contributed by atoms with Gasteiger partial charge in [-0.1, -0.05) is 26.2 Å². The van der Waals surface area contributed by atoms with Gasteiger partial charge in [-0.2, -0.15) is 5.10 Å². The highest BCUT2D eigenvalue weighted by molar-refractivity contribution is 5.91. The maximum Gasteiger partial charge on any atom is 0.234 e. The first-order valence-electron chi connectivity index (χ1n) is 10.3. The number of hydrogen-bond acceptors (Lipinski definition) is 4. The van der Waals surface area contributed by atoms with Gasteiger partial charge in [0.05, 0.1) is 12.1 Å². The van der Waals surface area contributed by atoms with Crippen molar-refractivity contribution in [2.24, 2.45) is 5.92 Å². The normalized spacial score (nSPS) is 19.4. The van der Waals surface area contributed by atoms with Crippen LogP contribution >= 0.6 is 0 Å². The van der Waals surface area contributed by atoms with Crippen LogP contribution in [0, 0.1) is 12.8 Å². The Hall–Kier alpha value is -2.70. The summed E-state index contributed by atoms with van der Waals surface area (Å²) in [5.74, 6) is 2.45. The molecular weight excluding hydrogens is 352 g/mol. The zero-order valence-electron chi connectivity index (χ0n) is 16.6. The van der Waals surface area contributed by atoms with Crippen LogP contribution in [0.3, 0.4) is 0 Å². The average Bonchev–Trinajstić information content (AvgIpc) is 3.38. The molecule has 3 heterocycles. The number of hydrogen-bond donors (Lipinski definition) is 2. The molecule has 0 aliphatic heterocycles. The van der Waals surface area contributed by atoms with Crippen molar-refractivity contribution in [2.75, 3.05) is 5.32 Å². The lowest BCUT2D eigenvalue weighted by atomic mass is 9.98. The van der Waals surface area contributed by atoms with E-state index in [0.29, 0.717) is 23.2 Å². The van der Waals surface area contributed by atoms with E-state index in [-0.39, 0.29) is 12.3 Å². The van der Waals surface area contributed by atoms with Gasteiger partial charge in [0.1, 0.15) is 0 Å². The first-order chi connectivity index (χ1) is 13.6. The standard InChI is InChI=1S/C21H28N6O/c1-3-4-5-15-6-7-16(10-15)18-12-19(26-25-18)24-20(28)11-17-13-27-9-8-14(2)22-21(27)23-17/h8-9,12-13,15-16H,3-7,10-11H2,1-2H3,(H2,24,25,26,28)/t15-,16+/m1/s1.